The maximum Gasteiger partial charge on any atom is 0.311 e. The zero-order valence-electron chi connectivity index (χ0n) is 25.9. The summed E-state index contributed by atoms with van der Waals surface area (Å²) in [4.78, 5) is 40.6. The Labute approximate surface area is 253 Å². The van der Waals surface area contributed by atoms with Gasteiger partial charge < -0.3 is 18.6 Å². The third-order valence-corrected chi connectivity index (χ3v) is 7.93. The topological polar surface area (TPSA) is 83.3 Å². The Bertz CT molecular complexity index is 1590. The normalized spacial score (nSPS) is 13.0. The van der Waals surface area contributed by atoms with Crippen molar-refractivity contribution in [2.45, 2.75) is 53.6 Å². The Morgan fingerprint density at radius 2 is 1.56 bits per heavy atom. The Kier molecular flexibility index (Phi) is 9.87. The smallest absolute Gasteiger partial charge is 0.311 e. The molecular weight excluding hydrogens is 542 g/mol. The van der Waals surface area contributed by atoms with Crippen molar-refractivity contribution in [2.24, 2.45) is 10.8 Å². The van der Waals surface area contributed by atoms with Crippen LogP contribution in [0.25, 0.3) is 5.52 Å². The molecule has 226 valence electrons. The van der Waals surface area contributed by atoms with Crippen LogP contribution in [0.3, 0.4) is 0 Å². The van der Waals surface area contributed by atoms with Gasteiger partial charge in [-0.1, -0.05) is 57.5 Å². The number of ketones is 2. The van der Waals surface area contributed by atoms with Crippen LogP contribution in [0.5, 0.6) is 5.75 Å². The lowest BCUT2D eigenvalue weighted by molar-refractivity contribution is -0.152. The highest BCUT2D eigenvalue weighted by Gasteiger charge is 2.36. The number of rotatable bonds is 14. The Balaban J connectivity index is 1.71. The number of pyridine rings is 1. The summed E-state index contributed by atoms with van der Waals surface area (Å²) in [5.41, 5.74) is 2.35. The summed E-state index contributed by atoms with van der Waals surface area (Å²) in [6, 6.07) is 22.3. The number of methoxy groups -OCH3 is 2. The first kappa shape index (κ1) is 31.7. The molecule has 0 aliphatic heterocycles. The summed E-state index contributed by atoms with van der Waals surface area (Å²) in [6.45, 7) is 8.32. The molecule has 7 nitrogen and oxygen atoms in total. The molecule has 0 radical (unpaired) electrons. The maximum absolute atomic E-state index is 14.0. The van der Waals surface area contributed by atoms with E-state index in [1.165, 1.54) is 7.11 Å². The summed E-state index contributed by atoms with van der Waals surface area (Å²) < 4.78 is 18.2. The number of esters is 1. The van der Waals surface area contributed by atoms with E-state index >= 15 is 0 Å². The van der Waals surface area contributed by atoms with Crippen LogP contribution in [-0.2, 0) is 27.3 Å². The molecule has 0 aliphatic carbocycles. The van der Waals surface area contributed by atoms with Gasteiger partial charge in [0, 0.05) is 22.8 Å². The van der Waals surface area contributed by atoms with Crippen molar-refractivity contribution in [3.8, 4) is 5.75 Å². The number of aromatic nitrogens is 1. The predicted molar refractivity (Wildman–Crippen MR) is 167 cm³/mol. The van der Waals surface area contributed by atoms with Gasteiger partial charge in [0.05, 0.1) is 44.0 Å². The molecule has 0 bridgehead atoms. The monoisotopic (exact) mass is 583 g/mol. The van der Waals surface area contributed by atoms with Crippen molar-refractivity contribution in [3.05, 3.63) is 107 Å². The summed E-state index contributed by atoms with van der Waals surface area (Å²) in [5, 5.41) is 0. The van der Waals surface area contributed by atoms with E-state index in [1.54, 1.807) is 48.0 Å². The Morgan fingerprint density at radius 1 is 0.860 bits per heavy atom. The fourth-order valence-electron chi connectivity index (χ4n) is 5.58. The van der Waals surface area contributed by atoms with Crippen molar-refractivity contribution in [1.29, 1.82) is 0 Å². The zero-order valence-corrected chi connectivity index (χ0v) is 25.9. The molecule has 0 aliphatic rings. The van der Waals surface area contributed by atoms with Gasteiger partial charge in [0.25, 0.3) is 0 Å². The second-order valence-electron chi connectivity index (χ2n) is 12.0. The molecule has 1 atom stereocenters. The van der Waals surface area contributed by atoms with Crippen molar-refractivity contribution in [2.75, 3.05) is 20.8 Å². The molecule has 0 amide bonds. The lowest BCUT2D eigenvalue weighted by Gasteiger charge is -2.26. The summed E-state index contributed by atoms with van der Waals surface area (Å²) in [7, 11) is 2.96. The number of carbonyl (C=O) groups excluding carboxylic acids is 3. The number of Topliss-reactive ketones (excluding diaryl/α,β-unsaturated/α-hetero) is 1. The van der Waals surface area contributed by atoms with E-state index in [2.05, 4.69) is 0 Å². The lowest BCUT2D eigenvalue weighted by Crippen LogP contribution is -2.32. The zero-order chi connectivity index (χ0) is 31.2. The second kappa shape index (κ2) is 13.4. The highest BCUT2D eigenvalue weighted by atomic mass is 16.5. The van der Waals surface area contributed by atoms with Gasteiger partial charge in [0.1, 0.15) is 5.75 Å². The van der Waals surface area contributed by atoms with Gasteiger partial charge in [-0.15, -0.1) is 0 Å². The molecule has 2 aromatic carbocycles. The maximum atomic E-state index is 14.0. The molecule has 43 heavy (non-hydrogen) atoms. The van der Waals surface area contributed by atoms with E-state index in [1.807, 2.05) is 70.2 Å². The van der Waals surface area contributed by atoms with Gasteiger partial charge in [-0.25, -0.2) is 0 Å². The van der Waals surface area contributed by atoms with Gasteiger partial charge in [-0.3, -0.25) is 14.4 Å². The van der Waals surface area contributed by atoms with Crippen molar-refractivity contribution < 1.29 is 28.6 Å². The van der Waals surface area contributed by atoms with Crippen molar-refractivity contribution in [1.82, 2.24) is 4.40 Å². The molecule has 1 unspecified atom stereocenters. The largest absolute Gasteiger partial charge is 0.497 e. The summed E-state index contributed by atoms with van der Waals surface area (Å²) in [5.74, 6) is 0.0893. The standard InChI is InChI=1S/C36H41NO6/c1-7-18-36(4,34(40)42-6)22-28-21-29-20-27(33(39)35(2,3)24-43-23-25-11-9-8-10-12-25)17-19-37(29)31(28)32(38)26-13-15-30(41-5)16-14-26/h8-17,19-21H,7,18,22-24H2,1-6H3. The van der Waals surface area contributed by atoms with Crippen LogP contribution in [-0.4, -0.2) is 42.8 Å². The Morgan fingerprint density at radius 3 is 2.19 bits per heavy atom. The minimum absolute atomic E-state index is 0.0563. The molecule has 2 heterocycles. The van der Waals surface area contributed by atoms with Gasteiger partial charge in [-0.05, 0) is 73.4 Å². The van der Waals surface area contributed by atoms with E-state index in [-0.39, 0.29) is 24.1 Å². The fraction of sp³-hybridized carbons (Fsp3) is 0.361. The van der Waals surface area contributed by atoms with E-state index in [0.717, 1.165) is 17.5 Å². The molecule has 0 N–H and O–H groups in total. The predicted octanol–water partition coefficient (Wildman–Crippen LogP) is 7.13. The van der Waals surface area contributed by atoms with Gasteiger partial charge in [0.15, 0.2) is 5.78 Å². The first-order valence-corrected chi connectivity index (χ1v) is 14.6. The number of fused-ring (bicyclic) bond motifs is 1. The first-order chi connectivity index (χ1) is 20.5. The number of nitrogens with zero attached hydrogens (tertiary/aromatic N) is 1. The SMILES string of the molecule is CCCC(C)(Cc1cc2cc(C(=O)C(C)(C)COCc3ccccc3)ccn2c1C(=O)c1ccc(OC)cc1)C(=O)OC. The van der Waals surface area contributed by atoms with Crippen LogP contribution in [0.4, 0.5) is 0 Å². The van der Waals surface area contributed by atoms with E-state index in [0.29, 0.717) is 47.5 Å². The van der Waals surface area contributed by atoms with Crippen molar-refractivity contribution >= 4 is 23.1 Å². The lowest BCUT2D eigenvalue weighted by atomic mass is 9.79. The number of ether oxygens (including phenoxy) is 3. The highest BCUT2D eigenvalue weighted by Crippen LogP contribution is 2.34. The second-order valence-corrected chi connectivity index (χ2v) is 12.0. The minimum Gasteiger partial charge on any atom is -0.497 e. The van der Waals surface area contributed by atoms with Crippen LogP contribution in [0.1, 0.15) is 78.1 Å². The van der Waals surface area contributed by atoms with Gasteiger partial charge in [-0.2, -0.15) is 0 Å². The number of carbonyl (C=O) groups is 3. The molecule has 4 aromatic rings. The van der Waals surface area contributed by atoms with Crippen LogP contribution < -0.4 is 4.74 Å². The number of hydrogen-bond acceptors (Lipinski definition) is 6. The molecule has 0 saturated carbocycles. The van der Waals surface area contributed by atoms with Gasteiger partial charge >= 0.3 is 5.97 Å². The van der Waals surface area contributed by atoms with Crippen LogP contribution >= 0.6 is 0 Å². The quantitative estimate of drug-likeness (QED) is 0.116. The molecule has 0 saturated heterocycles. The number of hydrogen-bond donors (Lipinski definition) is 0. The average Bonchev–Trinajstić information content (AvgIpc) is 3.36. The van der Waals surface area contributed by atoms with Crippen LogP contribution in [0.15, 0.2) is 79.0 Å². The first-order valence-electron chi connectivity index (χ1n) is 14.6. The molecular formula is C36H41NO6. The third-order valence-electron chi connectivity index (χ3n) is 7.93. The molecule has 0 spiro atoms. The van der Waals surface area contributed by atoms with E-state index in [9.17, 15) is 14.4 Å². The van der Waals surface area contributed by atoms with E-state index < -0.39 is 10.8 Å². The molecule has 2 aromatic heterocycles. The summed E-state index contributed by atoms with van der Waals surface area (Å²) in [6.07, 6.45) is 3.46. The number of benzene rings is 2. The third kappa shape index (κ3) is 7.05. The molecule has 7 heteroatoms. The highest BCUT2D eigenvalue weighted by molar-refractivity contribution is 6.10. The molecule has 4 rings (SSSR count). The average molecular weight is 584 g/mol. The Hall–Kier alpha value is -4.23. The fourth-order valence-corrected chi connectivity index (χ4v) is 5.58. The van der Waals surface area contributed by atoms with E-state index in [4.69, 9.17) is 14.2 Å². The minimum atomic E-state index is -0.819. The van der Waals surface area contributed by atoms with Crippen LogP contribution in [0, 0.1) is 10.8 Å². The van der Waals surface area contributed by atoms with Gasteiger partial charge in [0.2, 0.25) is 5.78 Å². The molecule has 0 fully saturated rings. The van der Waals surface area contributed by atoms with Crippen molar-refractivity contribution in [3.63, 3.8) is 0 Å². The summed E-state index contributed by atoms with van der Waals surface area (Å²) >= 11 is 0. The van der Waals surface area contributed by atoms with Crippen LogP contribution in [0.2, 0.25) is 0 Å².